The molecule has 0 amide bonds. The molecule has 2 fully saturated rings. The Labute approximate surface area is 113 Å². The van der Waals surface area contributed by atoms with Crippen LogP contribution in [0.1, 0.15) is 39.5 Å². The Balaban J connectivity index is 1.81. The van der Waals surface area contributed by atoms with E-state index in [1.807, 2.05) is 13.8 Å². The summed E-state index contributed by atoms with van der Waals surface area (Å²) < 4.78 is 5.54. The molecule has 0 radical (unpaired) electrons. The van der Waals surface area contributed by atoms with Gasteiger partial charge >= 0.3 is 6.01 Å². The number of anilines is 2. The summed E-state index contributed by atoms with van der Waals surface area (Å²) >= 11 is 0. The SMILES string of the molecule is CC(C)Oc1nc(N)nc(N(CC2CC2)C2CC2)n1. The van der Waals surface area contributed by atoms with Gasteiger partial charge in [0.1, 0.15) is 0 Å². The molecule has 6 heteroatoms. The minimum atomic E-state index is 0.0347. The summed E-state index contributed by atoms with van der Waals surface area (Å²) in [5.41, 5.74) is 5.77. The highest BCUT2D eigenvalue weighted by molar-refractivity contribution is 5.39. The minimum absolute atomic E-state index is 0.0347. The van der Waals surface area contributed by atoms with E-state index >= 15 is 0 Å². The van der Waals surface area contributed by atoms with Crippen molar-refractivity contribution < 1.29 is 4.74 Å². The lowest BCUT2D eigenvalue weighted by Crippen LogP contribution is -2.30. The second kappa shape index (κ2) is 4.83. The summed E-state index contributed by atoms with van der Waals surface area (Å²) in [5.74, 6) is 1.72. The molecule has 2 aliphatic carbocycles. The number of ether oxygens (including phenoxy) is 1. The van der Waals surface area contributed by atoms with E-state index in [4.69, 9.17) is 10.5 Å². The van der Waals surface area contributed by atoms with Crippen LogP contribution in [0.4, 0.5) is 11.9 Å². The molecule has 104 valence electrons. The maximum Gasteiger partial charge on any atom is 0.323 e. The summed E-state index contributed by atoms with van der Waals surface area (Å²) in [4.78, 5) is 15.0. The molecule has 19 heavy (non-hydrogen) atoms. The fourth-order valence-electron chi connectivity index (χ4n) is 2.11. The van der Waals surface area contributed by atoms with Crippen LogP contribution in [0.15, 0.2) is 0 Å². The molecular weight excluding hydrogens is 242 g/mol. The molecule has 2 aliphatic rings. The lowest BCUT2D eigenvalue weighted by atomic mass is 10.3. The summed E-state index contributed by atoms with van der Waals surface area (Å²) in [7, 11) is 0. The largest absolute Gasteiger partial charge is 0.461 e. The molecule has 0 saturated heterocycles. The van der Waals surface area contributed by atoms with Crippen molar-refractivity contribution in [1.29, 1.82) is 0 Å². The fourth-order valence-corrected chi connectivity index (χ4v) is 2.11. The number of hydrogen-bond acceptors (Lipinski definition) is 6. The van der Waals surface area contributed by atoms with Gasteiger partial charge in [0.15, 0.2) is 0 Å². The van der Waals surface area contributed by atoms with Gasteiger partial charge in [-0.15, -0.1) is 0 Å². The Bertz CT molecular complexity index is 456. The lowest BCUT2D eigenvalue weighted by molar-refractivity contribution is 0.222. The predicted molar refractivity (Wildman–Crippen MR) is 73.1 cm³/mol. The third kappa shape index (κ3) is 3.24. The first-order valence-electron chi connectivity index (χ1n) is 7.06. The molecule has 3 rings (SSSR count). The highest BCUT2D eigenvalue weighted by Crippen LogP contribution is 2.36. The van der Waals surface area contributed by atoms with Crippen LogP contribution < -0.4 is 15.4 Å². The minimum Gasteiger partial charge on any atom is -0.461 e. The van der Waals surface area contributed by atoms with Crippen LogP contribution in [0, 0.1) is 5.92 Å². The van der Waals surface area contributed by atoms with Gasteiger partial charge in [0.2, 0.25) is 11.9 Å². The molecule has 0 unspecified atom stereocenters. The number of nitrogens with zero attached hydrogens (tertiary/aromatic N) is 4. The van der Waals surface area contributed by atoms with Crippen LogP contribution in [0.5, 0.6) is 6.01 Å². The summed E-state index contributed by atoms with van der Waals surface area (Å²) in [6, 6.07) is 0.910. The van der Waals surface area contributed by atoms with Gasteiger partial charge in [-0.25, -0.2) is 0 Å². The standard InChI is InChI=1S/C13H21N5O/c1-8(2)19-13-16-11(14)15-12(17-13)18(10-5-6-10)7-9-3-4-9/h8-10H,3-7H2,1-2H3,(H2,14,15,16,17). The quantitative estimate of drug-likeness (QED) is 0.840. The van der Waals surface area contributed by atoms with Crippen molar-refractivity contribution in [1.82, 2.24) is 15.0 Å². The number of hydrogen-bond donors (Lipinski definition) is 1. The fraction of sp³-hybridized carbons (Fsp3) is 0.769. The van der Waals surface area contributed by atoms with Gasteiger partial charge in [-0.1, -0.05) is 0 Å². The van der Waals surface area contributed by atoms with Crippen molar-refractivity contribution in [3.05, 3.63) is 0 Å². The molecule has 0 aliphatic heterocycles. The summed E-state index contributed by atoms with van der Waals surface area (Å²) in [5, 5.41) is 0. The maximum atomic E-state index is 5.77. The Morgan fingerprint density at radius 2 is 1.95 bits per heavy atom. The van der Waals surface area contributed by atoms with Crippen molar-refractivity contribution in [3.8, 4) is 6.01 Å². The topological polar surface area (TPSA) is 77.2 Å². The Morgan fingerprint density at radius 3 is 2.53 bits per heavy atom. The number of nitrogens with two attached hydrogens (primary N) is 1. The molecular formula is C13H21N5O. The molecule has 1 aromatic rings. The van der Waals surface area contributed by atoms with E-state index < -0.39 is 0 Å². The zero-order valence-electron chi connectivity index (χ0n) is 11.5. The van der Waals surface area contributed by atoms with E-state index in [0.717, 1.165) is 12.5 Å². The average molecular weight is 263 g/mol. The molecule has 2 N–H and O–H groups in total. The lowest BCUT2D eigenvalue weighted by Gasteiger charge is -2.22. The second-order valence-corrected chi connectivity index (χ2v) is 5.77. The maximum absolute atomic E-state index is 5.77. The van der Waals surface area contributed by atoms with Crippen LogP contribution in [0.25, 0.3) is 0 Å². The summed E-state index contributed by atoms with van der Waals surface area (Å²) in [6.07, 6.45) is 5.11. The zero-order valence-corrected chi connectivity index (χ0v) is 11.5. The first-order chi connectivity index (χ1) is 9.11. The highest BCUT2D eigenvalue weighted by atomic mass is 16.5. The molecule has 0 bridgehead atoms. The second-order valence-electron chi connectivity index (χ2n) is 5.77. The van der Waals surface area contributed by atoms with E-state index in [1.165, 1.54) is 25.7 Å². The van der Waals surface area contributed by atoms with Gasteiger partial charge in [0.05, 0.1) is 6.10 Å². The normalized spacial score (nSPS) is 18.7. The Kier molecular flexibility index (Phi) is 3.16. The van der Waals surface area contributed by atoms with Crippen LogP contribution >= 0.6 is 0 Å². The van der Waals surface area contributed by atoms with Crippen molar-refractivity contribution in [3.63, 3.8) is 0 Å². The van der Waals surface area contributed by atoms with Crippen LogP contribution in [0.2, 0.25) is 0 Å². The monoisotopic (exact) mass is 263 g/mol. The smallest absolute Gasteiger partial charge is 0.323 e. The summed E-state index contributed by atoms with van der Waals surface area (Å²) in [6.45, 7) is 4.93. The van der Waals surface area contributed by atoms with Gasteiger partial charge < -0.3 is 15.4 Å². The van der Waals surface area contributed by atoms with E-state index in [0.29, 0.717) is 18.0 Å². The van der Waals surface area contributed by atoms with Gasteiger partial charge in [0.25, 0.3) is 0 Å². The molecule has 0 atom stereocenters. The van der Waals surface area contributed by atoms with Crippen molar-refractivity contribution >= 4 is 11.9 Å². The van der Waals surface area contributed by atoms with Crippen molar-refractivity contribution in [2.75, 3.05) is 17.2 Å². The number of rotatable bonds is 6. The molecule has 0 spiro atoms. The third-order valence-corrected chi connectivity index (χ3v) is 3.36. The van der Waals surface area contributed by atoms with E-state index in [-0.39, 0.29) is 12.1 Å². The van der Waals surface area contributed by atoms with Crippen LogP contribution in [-0.4, -0.2) is 33.6 Å². The molecule has 6 nitrogen and oxygen atoms in total. The molecule has 1 aromatic heterocycles. The Morgan fingerprint density at radius 1 is 1.21 bits per heavy atom. The molecule has 0 aromatic carbocycles. The zero-order chi connectivity index (χ0) is 13.4. The van der Waals surface area contributed by atoms with Crippen molar-refractivity contribution in [2.24, 2.45) is 5.92 Å². The first-order valence-corrected chi connectivity index (χ1v) is 7.06. The van der Waals surface area contributed by atoms with Gasteiger partial charge in [0, 0.05) is 12.6 Å². The van der Waals surface area contributed by atoms with Gasteiger partial charge in [-0.05, 0) is 45.4 Å². The van der Waals surface area contributed by atoms with E-state index in [9.17, 15) is 0 Å². The first kappa shape index (κ1) is 12.4. The van der Waals surface area contributed by atoms with Gasteiger partial charge in [-0.2, -0.15) is 15.0 Å². The number of aromatic nitrogens is 3. The van der Waals surface area contributed by atoms with Crippen molar-refractivity contribution in [2.45, 2.75) is 51.7 Å². The van der Waals surface area contributed by atoms with E-state index in [1.54, 1.807) is 0 Å². The Hall–Kier alpha value is -1.59. The van der Waals surface area contributed by atoms with Gasteiger partial charge in [-0.3, -0.25) is 0 Å². The average Bonchev–Trinajstić information content (AvgIpc) is 3.18. The van der Waals surface area contributed by atoms with E-state index in [2.05, 4.69) is 19.9 Å². The molecule has 1 heterocycles. The third-order valence-electron chi connectivity index (χ3n) is 3.36. The highest BCUT2D eigenvalue weighted by Gasteiger charge is 2.35. The number of nitrogen functional groups attached to an aromatic ring is 1. The molecule has 2 saturated carbocycles. The predicted octanol–water partition coefficient (Wildman–Crippen LogP) is 1.62. The van der Waals surface area contributed by atoms with Crippen LogP contribution in [0.3, 0.4) is 0 Å². The van der Waals surface area contributed by atoms with Crippen LogP contribution in [-0.2, 0) is 0 Å².